The molecule has 0 fully saturated rings. The van der Waals surface area contributed by atoms with Crippen molar-refractivity contribution in [2.24, 2.45) is 4.99 Å². The van der Waals surface area contributed by atoms with Crippen LogP contribution < -0.4 is 4.80 Å². The van der Waals surface area contributed by atoms with E-state index >= 15 is 0 Å². The maximum atomic E-state index is 4.90. The zero-order valence-electron chi connectivity index (χ0n) is 13.2. The molecule has 0 bridgehead atoms. The minimum absolute atomic E-state index is 0.914. The van der Waals surface area contributed by atoms with Crippen molar-refractivity contribution in [3.05, 3.63) is 69.8 Å². The highest BCUT2D eigenvalue weighted by Crippen LogP contribution is 2.23. The molecule has 3 aromatic rings. The number of hydrogen-bond donors (Lipinski definition) is 0. The standard InChI is InChI=1S/C19H20N2S/c1-4-21-18(16-10-6-5-7-11-16)13-22-19(21)20-17-12-8-9-14(2)15(17)3/h5-13H,4H2,1-3H3. The average Bonchev–Trinajstić information content (AvgIpc) is 2.95. The molecule has 3 heteroatoms. The summed E-state index contributed by atoms with van der Waals surface area (Å²) in [7, 11) is 0. The number of thiazole rings is 1. The molecule has 1 heterocycles. The molecule has 22 heavy (non-hydrogen) atoms. The van der Waals surface area contributed by atoms with Gasteiger partial charge in [0.15, 0.2) is 4.80 Å². The summed E-state index contributed by atoms with van der Waals surface area (Å²) in [4.78, 5) is 5.95. The smallest absolute Gasteiger partial charge is 0.190 e. The summed E-state index contributed by atoms with van der Waals surface area (Å²) < 4.78 is 2.28. The Morgan fingerprint density at radius 2 is 1.77 bits per heavy atom. The third-order valence-corrected chi connectivity index (χ3v) is 4.84. The first-order valence-electron chi connectivity index (χ1n) is 7.55. The molecular formula is C19H20N2S. The Morgan fingerprint density at radius 1 is 1.00 bits per heavy atom. The molecule has 2 nitrogen and oxygen atoms in total. The van der Waals surface area contributed by atoms with Gasteiger partial charge in [-0.2, -0.15) is 0 Å². The fourth-order valence-corrected chi connectivity index (χ4v) is 3.51. The van der Waals surface area contributed by atoms with Crippen LogP contribution in [-0.4, -0.2) is 4.57 Å². The van der Waals surface area contributed by atoms with Crippen LogP contribution in [0.15, 0.2) is 58.9 Å². The van der Waals surface area contributed by atoms with Gasteiger partial charge >= 0.3 is 0 Å². The summed E-state index contributed by atoms with van der Waals surface area (Å²) in [6.07, 6.45) is 0. The van der Waals surface area contributed by atoms with Gasteiger partial charge < -0.3 is 4.57 Å². The van der Waals surface area contributed by atoms with E-state index in [0.29, 0.717) is 0 Å². The lowest BCUT2D eigenvalue weighted by Gasteiger charge is -2.07. The van der Waals surface area contributed by atoms with Crippen molar-refractivity contribution in [3.63, 3.8) is 0 Å². The SMILES string of the molecule is CCn1c(-c2ccccc2)csc1=Nc1cccc(C)c1C. The lowest BCUT2D eigenvalue weighted by Crippen LogP contribution is -2.14. The van der Waals surface area contributed by atoms with Crippen LogP contribution in [0.5, 0.6) is 0 Å². The maximum Gasteiger partial charge on any atom is 0.190 e. The molecule has 0 aliphatic carbocycles. The maximum absolute atomic E-state index is 4.90. The Labute approximate surface area is 135 Å². The van der Waals surface area contributed by atoms with Crippen LogP contribution in [0.4, 0.5) is 5.69 Å². The van der Waals surface area contributed by atoms with Gasteiger partial charge in [0.05, 0.1) is 11.4 Å². The Balaban J connectivity index is 2.15. The van der Waals surface area contributed by atoms with Crippen LogP contribution in [0.2, 0.25) is 0 Å². The van der Waals surface area contributed by atoms with E-state index in [0.717, 1.165) is 17.0 Å². The Hall–Kier alpha value is -2.13. The van der Waals surface area contributed by atoms with Crippen LogP contribution in [0.3, 0.4) is 0 Å². The van der Waals surface area contributed by atoms with Crippen molar-refractivity contribution in [3.8, 4) is 11.3 Å². The van der Waals surface area contributed by atoms with E-state index in [4.69, 9.17) is 4.99 Å². The first-order chi connectivity index (χ1) is 10.7. The molecule has 0 amide bonds. The molecule has 0 unspecified atom stereocenters. The number of benzene rings is 2. The van der Waals surface area contributed by atoms with E-state index in [1.165, 1.54) is 22.4 Å². The fourth-order valence-electron chi connectivity index (χ4n) is 2.52. The summed E-state index contributed by atoms with van der Waals surface area (Å²) in [5.74, 6) is 0. The highest BCUT2D eigenvalue weighted by molar-refractivity contribution is 7.07. The highest BCUT2D eigenvalue weighted by Gasteiger charge is 2.07. The average molecular weight is 308 g/mol. The molecule has 0 saturated heterocycles. The van der Waals surface area contributed by atoms with Crippen LogP contribution in [0, 0.1) is 13.8 Å². The van der Waals surface area contributed by atoms with Gasteiger partial charge in [-0.15, -0.1) is 11.3 Å². The van der Waals surface area contributed by atoms with Gasteiger partial charge in [0.2, 0.25) is 0 Å². The second kappa shape index (κ2) is 6.32. The molecule has 112 valence electrons. The van der Waals surface area contributed by atoms with E-state index in [2.05, 4.69) is 73.2 Å². The molecule has 0 aliphatic heterocycles. The highest BCUT2D eigenvalue weighted by atomic mass is 32.1. The lowest BCUT2D eigenvalue weighted by molar-refractivity contribution is 0.744. The first kappa shape index (κ1) is 14.8. The molecule has 0 aliphatic rings. The quantitative estimate of drug-likeness (QED) is 0.641. The topological polar surface area (TPSA) is 17.3 Å². The van der Waals surface area contributed by atoms with Crippen LogP contribution in [-0.2, 0) is 6.54 Å². The molecule has 3 rings (SSSR count). The molecular weight excluding hydrogens is 288 g/mol. The molecule has 0 radical (unpaired) electrons. The van der Waals surface area contributed by atoms with Crippen molar-refractivity contribution in [2.45, 2.75) is 27.3 Å². The van der Waals surface area contributed by atoms with E-state index < -0.39 is 0 Å². The predicted molar refractivity (Wildman–Crippen MR) is 94.6 cm³/mol. The monoisotopic (exact) mass is 308 g/mol. The first-order valence-corrected chi connectivity index (χ1v) is 8.43. The summed E-state index contributed by atoms with van der Waals surface area (Å²) >= 11 is 1.70. The fraction of sp³-hybridized carbons (Fsp3) is 0.211. The minimum Gasteiger partial charge on any atom is -0.317 e. The van der Waals surface area contributed by atoms with Gasteiger partial charge in [-0.1, -0.05) is 42.5 Å². The lowest BCUT2D eigenvalue weighted by atomic mass is 10.1. The number of hydrogen-bond acceptors (Lipinski definition) is 2. The normalized spacial score (nSPS) is 11.9. The van der Waals surface area contributed by atoms with E-state index in [9.17, 15) is 0 Å². The Kier molecular flexibility index (Phi) is 4.25. The van der Waals surface area contributed by atoms with Crippen molar-refractivity contribution < 1.29 is 0 Å². The van der Waals surface area contributed by atoms with Gasteiger partial charge in [-0.3, -0.25) is 0 Å². The number of aryl methyl sites for hydroxylation is 1. The molecule has 0 saturated carbocycles. The van der Waals surface area contributed by atoms with Gasteiger partial charge in [0, 0.05) is 11.9 Å². The van der Waals surface area contributed by atoms with Crippen molar-refractivity contribution in [1.29, 1.82) is 0 Å². The molecule has 0 spiro atoms. The predicted octanol–water partition coefficient (Wildman–Crippen LogP) is 5.09. The minimum atomic E-state index is 0.914. The van der Waals surface area contributed by atoms with Gasteiger partial charge in [0.25, 0.3) is 0 Å². The molecule has 2 aromatic carbocycles. The Morgan fingerprint density at radius 3 is 2.50 bits per heavy atom. The third kappa shape index (κ3) is 2.77. The van der Waals surface area contributed by atoms with Crippen LogP contribution in [0.25, 0.3) is 11.3 Å². The number of rotatable bonds is 3. The van der Waals surface area contributed by atoms with Crippen molar-refractivity contribution in [1.82, 2.24) is 4.57 Å². The summed E-state index contributed by atoms with van der Waals surface area (Å²) in [5, 5.41) is 2.20. The third-order valence-electron chi connectivity index (χ3n) is 3.98. The zero-order valence-corrected chi connectivity index (χ0v) is 14.0. The van der Waals surface area contributed by atoms with Crippen molar-refractivity contribution >= 4 is 17.0 Å². The van der Waals surface area contributed by atoms with Crippen molar-refractivity contribution in [2.75, 3.05) is 0 Å². The van der Waals surface area contributed by atoms with Crippen LogP contribution >= 0.6 is 11.3 Å². The molecule has 0 N–H and O–H groups in total. The number of aromatic nitrogens is 1. The van der Waals surface area contributed by atoms with Gasteiger partial charge in [-0.05, 0) is 43.5 Å². The zero-order chi connectivity index (χ0) is 15.5. The van der Waals surface area contributed by atoms with E-state index in [-0.39, 0.29) is 0 Å². The summed E-state index contributed by atoms with van der Waals surface area (Å²) in [5.41, 5.74) is 6.06. The second-order valence-corrected chi connectivity index (χ2v) is 6.18. The molecule has 1 aromatic heterocycles. The van der Waals surface area contributed by atoms with Crippen LogP contribution in [0.1, 0.15) is 18.1 Å². The molecule has 0 atom stereocenters. The summed E-state index contributed by atoms with van der Waals surface area (Å²) in [6.45, 7) is 7.35. The Bertz CT molecular complexity index is 841. The van der Waals surface area contributed by atoms with E-state index in [1.54, 1.807) is 11.3 Å². The number of nitrogens with zero attached hydrogens (tertiary/aromatic N) is 2. The van der Waals surface area contributed by atoms with Gasteiger partial charge in [0.1, 0.15) is 0 Å². The summed E-state index contributed by atoms with van der Waals surface area (Å²) in [6, 6.07) is 16.8. The largest absolute Gasteiger partial charge is 0.317 e. The van der Waals surface area contributed by atoms with Gasteiger partial charge in [-0.25, -0.2) is 4.99 Å². The van der Waals surface area contributed by atoms with E-state index in [1.807, 2.05) is 6.07 Å². The second-order valence-electron chi connectivity index (χ2n) is 5.34.